The summed E-state index contributed by atoms with van der Waals surface area (Å²) in [6.45, 7) is 0.680. The molecular weight excluding hydrogens is 314 g/mol. The molecule has 1 fully saturated rings. The molecule has 1 heterocycles. The lowest BCUT2D eigenvalue weighted by atomic mass is 10.1. The Morgan fingerprint density at radius 2 is 1.75 bits per heavy atom. The smallest absolute Gasteiger partial charge is 0.255 e. The van der Waals surface area contributed by atoms with Crippen LogP contribution in [0.1, 0.15) is 29.6 Å². The van der Waals surface area contributed by atoms with E-state index >= 15 is 0 Å². The Morgan fingerprint density at radius 3 is 2.42 bits per heavy atom. The topological polar surface area (TPSA) is 49.4 Å². The van der Waals surface area contributed by atoms with Gasteiger partial charge in [0.2, 0.25) is 5.91 Å². The van der Waals surface area contributed by atoms with Crippen LogP contribution in [0, 0.1) is 11.6 Å². The number of carbonyl (C=O) groups excluding carboxylic acids is 2. The number of amides is 2. The Bertz CT molecular complexity index is 775. The van der Waals surface area contributed by atoms with Crippen LogP contribution in [0.3, 0.4) is 0 Å². The quantitative estimate of drug-likeness (QED) is 0.932. The van der Waals surface area contributed by atoms with E-state index in [1.807, 2.05) is 0 Å². The van der Waals surface area contributed by atoms with E-state index in [1.54, 1.807) is 29.2 Å². The molecule has 2 aromatic carbocycles. The number of hydrogen-bond donors (Lipinski definition) is 1. The molecule has 3 rings (SSSR count). The van der Waals surface area contributed by atoms with Crippen LogP contribution in [-0.4, -0.2) is 18.4 Å². The molecule has 0 radical (unpaired) electrons. The molecule has 2 amide bonds. The van der Waals surface area contributed by atoms with Crippen LogP contribution >= 0.6 is 0 Å². The third kappa shape index (κ3) is 3.42. The lowest BCUT2D eigenvalue weighted by Gasteiger charge is -2.26. The molecule has 24 heavy (non-hydrogen) atoms. The highest BCUT2D eigenvalue weighted by Gasteiger charge is 2.19. The van der Waals surface area contributed by atoms with Crippen molar-refractivity contribution in [1.82, 2.24) is 0 Å². The Kier molecular flexibility index (Phi) is 4.55. The molecule has 124 valence electrons. The van der Waals surface area contributed by atoms with Crippen LogP contribution in [0.4, 0.5) is 20.2 Å². The number of rotatable bonds is 3. The molecular formula is C18H16F2N2O2. The monoisotopic (exact) mass is 330 g/mol. The molecule has 2 aromatic rings. The molecule has 1 saturated heterocycles. The van der Waals surface area contributed by atoms with Crippen LogP contribution in [0.5, 0.6) is 0 Å². The van der Waals surface area contributed by atoms with Gasteiger partial charge in [0.1, 0.15) is 0 Å². The van der Waals surface area contributed by atoms with E-state index in [1.165, 1.54) is 6.07 Å². The lowest BCUT2D eigenvalue weighted by Crippen LogP contribution is -2.35. The Balaban J connectivity index is 1.71. The fraction of sp³-hybridized carbons (Fsp3) is 0.222. The van der Waals surface area contributed by atoms with Crippen LogP contribution in [0.2, 0.25) is 0 Å². The molecule has 0 atom stereocenters. The minimum atomic E-state index is -1.02. The molecule has 0 unspecified atom stereocenters. The van der Waals surface area contributed by atoms with Crippen molar-refractivity contribution in [1.29, 1.82) is 0 Å². The van der Waals surface area contributed by atoms with Gasteiger partial charge in [-0.1, -0.05) is 0 Å². The van der Waals surface area contributed by atoms with Crippen molar-refractivity contribution in [2.75, 3.05) is 16.8 Å². The van der Waals surface area contributed by atoms with Gasteiger partial charge < -0.3 is 10.2 Å². The summed E-state index contributed by atoms with van der Waals surface area (Å²) in [6, 6.07) is 9.80. The summed E-state index contributed by atoms with van der Waals surface area (Å²) < 4.78 is 26.1. The zero-order chi connectivity index (χ0) is 17.1. The van der Waals surface area contributed by atoms with Gasteiger partial charge in [-0.05, 0) is 49.2 Å². The maximum absolute atomic E-state index is 13.2. The average Bonchev–Trinajstić information content (AvgIpc) is 2.59. The molecule has 4 nitrogen and oxygen atoms in total. The van der Waals surface area contributed by atoms with Gasteiger partial charge in [-0.15, -0.1) is 0 Å². The van der Waals surface area contributed by atoms with Crippen LogP contribution in [-0.2, 0) is 4.79 Å². The SMILES string of the molecule is O=C(Nc1ccc(F)c(F)c1)c1ccc(N2CCCCC2=O)cc1. The fourth-order valence-corrected chi connectivity index (χ4v) is 2.65. The predicted octanol–water partition coefficient (Wildman–Crippen LogP) is 3.73. The second-order valence-electron chi connectivity index (χ2n) is 5.63. The van der Waals surface area contributed by atoms with Gasteiger partial charge in [-0.2, -0.15) is 0 Å². The van der Waals surface area contributed by atoms with Crippen molar-refractivity contribution in [3.05, 3.63) is 59.7 Å². The van der Waals surface area contributed by atoms with Crippen molar-refractivity contribution in [3.63, 3.8) is 0 Å². The molecule has 0 saturated carbocycles. The van der Waals surface area contributed by atoms with E-state index in [-0.39, 0.29) is 11.6 Å². The molecule has 1 aliphatic heterocycles. The first-order valence-electron chi connectivity index (χ1n) is 7.71. The highest BCUT2D eigenvalue weighted by atomic mass is 19.2. The predicted molar refractivity (Wildman–Crippen MR) is 87.0 cm³/mol. The number of halogens is 2. The summed E-state index contributed by atoms with van der Waals surface area (Å²) in [6.07, 6.45) is 2.41. The van der Waals surface area contributed by atoms with Crippen molar-refractivity contribution in [3.8, 4) is 0 Å². The van der Waals surface area contributed by atoms with E-state index in [9.17, 15) is 18.4 Å². The van der Waals surface area contributed by atoms with E-state index in [0.717, 1.165) is 30.7 Å². The van der Waals surface area contributed by atoms with Gasteiger partial charge in [0.25, 0.3) is 5.91 Å². The minimum Gasteiger partial charge on any atom is -0.322 e. The van der Waals surface area contributed by atoms with Crippen molar-refractivity contribution in [2.24, 2.45) is 0 Å². The number of carbonyl (C=O) groups is 2. The Morgan fingerprint density at radius 1 is 1.00 bits per heavy atom. The number of benzene rings is 2. The van der Waals surface area contributed by atoms with Crippen LogP contribution in [0.15, 0.2) is 42.5 Å². The summed E-state index contributed by atoms with van der Waals surface area (Å²) in [5.41, 5.74) is 1.30. The highest BCUT2D eigenvalue weighted by molar-refractivity contribution is 6.04. The fourth-order valence-electron chi connectivity index (χ4n) is 2.65. The van der Waals surface area contributed by atoms with Gasteiger partial charge >= 0.3 is 0 Å². The third-order valence-corrected chi connectivity index (χ3v) is 3.94. The molecule has 1 aliphatic rings. The summed E-state index contributed by atoms with van der Waals surface area (Å²) >= 11 is 0. The van der Waals surface area contributed by atoms with E-state index < -0.39 is 17.5 Å². The van der Waals surface area contributed by atoms with E-state index in [0.29, 0.717) is 18.5 Å². The van der Waals surface area contributed by atoms with Gasteiger partial charge in [0, 0.05) is 36.0 Å². The van der Waals surface area contributed by atoms with Crippen molar-refractivity contribution < 1.29 is 18.4 Å². The summed E-state index contributed by atoms with van der Waals surface area (Å²) in [7, 11) is 0. The Labute approximate surface area is 138 Å². The highest BCUT2D eigenvalue weighted by Crippen LogP contribution is 2.22. The molecule has 1 N–H and O–H groups in total. The molecule has 0 aromatic heterocycles. The lowest BCUT2D eigenvalue weighted by molar-refractivity contribution is -0.119. The van der Waals surface area contributed by atoms with Crippen molar-refractivity contribution in [2.45, 2.75) is 19.3 Å². The van der Waals surface area contributed by atoms with Crippen LogP contribution < -0.4 is 10.2 Å². The number of piperidine rings is 1. The summed E-state index contributed by atoms with van der Waals surface area (Å²) in [4.78, 5) is 25.8. The Hall–Kier alpha value is -2.76. The molecule has 0 spiro atoms. The first kappa shape index (κ1) is 16.1. The standard InChI is InChI=1S/C18H16F2N2O2/c19-15-9-6-13(11-16(15)20)21-18(24)12-4-7-14(8-5-12)22-10-2-1-3-17(22)23/h4-9,11H,1-3,10H2,(H,21,24). The number of nitrogens with one attached hydrogen (secondary N) is 1. The van der Waals surface area contributed by atoms with E-state index in [2.05, 4.69) is 5.32 Å². The van der Waals surface area contributed by atoms with Gasteiger partial charge in [0.05, 0.1) is 0 Å². The van der Waals surface area contributed by atoms with Crippen molar-refractivity contribution >= 4 is 23.2 Å². The van der Waals surface area contributed by atoms with Gasteiger partial charge in [-0.3, -0.25) is 9.59 Å². The number of hydrogen-bond acceptors (Lipinski definition) is 2. The second kappa shape index (κ2) is 6.78. The molecule has 0 bridgehead atoms. The third-order valence-electron chi connectivity index (χ3n) is 3.94. The average molecular weight is 330 g/mol. The molecule has 6 heteroatoms. The van der Waals surface area contributed by atoms with Gasteiger partial charge in [0.15, 0.2) is 11.6 Å². The largest absolute Gasteiger partial charge is 0.322 e. The number of nitrogens with zero attached hydrogens (tertiary/aromatic N) is 1. The summed E-state index contributed by atoms with van der Waals surface area (Å²) in [5, 5.41) is 2.51. The second-order valence-corrected chi connectivity index (χ2v) is 5.63. The first-order chi connectivity index (χ1) is 11.5. The van der Waals surface area contributed by atoms with Gasteiger partial charge in [-0.25, -0.2) is 8.78 Å². The van der Waals surface area contributed by atoms with Crippen LogP contribution in [0.25, 0.3) is 0 Å². The minimum absolute atomic E-state index is 0.0836. The zero-order valence-corrected chi connectivity index (χ0v) is 12.9. The summed E-state index contributed by atoms with van der Waals surface area (Å²) in [5.74, 6) is -2.34. The number of anilines is 2. The first-order valence-corrected chi connectivity index (χ1v) is 7.71. The zero-order valence-electron chi connectivity index (χ0n) is 12.9. The van der Waals surface area contributed by atoms with E-state index in [4.69, 9.17) is 0 Å². The molecule has 0 aliphatic carbocycles. The maximum Gasteiger partial charge on any atom is 0.255 e. The normalized spacial score (nSPS) is 14.6. The maximum atomic E-state index is 13.2.